The number of benzene rings is 3. The molecule has 0 aromatic heterocycles. The van der Waals surface area contributed by atoms with Crippen LogP contribution in [0.4, 0.5) is 4.79 Å². The molecule has 282 valence electrons. The number of carbonyl (C=O) groups excluding carboxylic acids is 1. The van der Waals surface area contributed by atoms with Crippen LogP contribution in [-0.4, -0.2) is 77.1 Å². The van der Waals surface area contributed by atoms with Crippen molar-refractivity contribution >= 4 is 35.2 Å². The van der Waals surface area contributed by atoms with Gasteiger partial charge in [0.2, 0.25) is 5.91 Å². The Kier molecular flexibility index (Phi) is 13.3. The predicted octanol–water partition coefficient (Wildman–Crippen LogP) is 9.12. The number of carbonyl (C=O) groups is 2. The van der Waals surface area contributed by atoms with Crippen molar-refractivity contribution in [1.82, 2.24) is 9.80 Å². The molecule has 11 heteroatoms. The average Bonchev–Trinajstić information content (AvgIpc) is 4.00. The normalized spacial score (nSPS) is 15.5. The third-order valence-electron chi connectivity index (χ3n) is 9.66. The van der Waals surface area contributed by atoms with Crippen molar-refractivity contribution in [2.45, 2.75) is 90.3 Å². The van der Waals surface area contributed by atoms with E-state index in [-0.39, 0.29) is 49.4 Å². The van der Waals surface area contributed by atoms with E-state index in [2.05, 4.69) is 6.07 Å². The first-order valence-corrected chi connectivity index (χ1v) is 19.0. The number of phenolic OH excluding ortho intramolecular Hbond substituents is 1. The van der Waals surface area contributed by atoms with Crippen LogP contribution in [0.15, 0.2) is 54.6 Å². The Morgan fingerprint density at radius 3 is 2.13 bits per heavy atom. The molecule has 2 aliphatic rings. The summed E-state index contributed by atoms with van der Waals surface area (Å²) in [6.45, 7) is 8.65. The summed E-state index contributed by atoms with van der Waals surface area (Å²) in [6.07, 6.45) is 4.69. The molecule has 2 amide bonds. The highest BCUT2D eigenvalue weighted by molar-refractivity contribution is 6.37. The third-order valence-corrected chi connectivity index (χ3v) is 10.2. The summed E-state index contributed by atoms with van der Waals surface area (Å²) in [7, 11) is 1.68. The Labute approximate surface area is 317 Å². The van der Waals surface area contributed by atoms with E-state index in [1.54, 1.807) is 31.4 Å². The molecule has 0 bridgehead atoms. The second-order valence-corrected chi connectivity index (χ2v) is 16.0. The lowest BCUT2D eigenvalue weighted by Crippen LogP contribution is -2.51. The molecule has 2 unspecified atom stereocenters. The summed E-state index contributed by atoms with van der Waals surface area (Å²) < 4.78 is 17.0. The number of phenols is 1. The molecule has 3 aromatic carbocycles. The molecular formula is C41H52Cl2N2O7. The number of halogens is 2. The molecule has 2 aliphatic carbocycles. The minimum Gasteiger partial charge on any atom is -0.508 e. The van der Waals surface area contributed by atoms with Crippen LogP contribution in [0.5, 0.6) is 17.2 Å². The monoisotopic (exact) mass is 754 g/mol. The Bertz CT molecular complexity index is 1660. The first-order valence-electron chi connectivity index (χ1n) is 18.2. The van der Waals surface area contributed by atoms with Crippen molar-refractivity contribution < 1.29 is 34.0 Å². The lowest BCUT2D eigenvalue weighted by molar-refractivity contribution is -0.140. The SMILES string of the molecule is COCCCc1cc(O)cc(C(C2CC2)N(C(=O)C(Cc2ccc(OCCOc3c(Cl)cc(C)cc3Cl)cc2)CN(C(=O)O)C(C)(C)C)C2CC2)c1. The first kappa shape index (κ1) is 39.5. The van der Waals surface area contributed by atoms with Crippen LogP contribution in [0.2, 0.25) is 10.0 Å². The highest BCUT2D eigenvalue weighted by Crippen LogP contribution is 2.49. The van der Waals surface area contributed by atoms with Gasteiger partial charge < -0.3 is 34.2 Å². The van der Waals surface area contributed by atoms with Gasteiger partial charge in [0.15, 0.2) is 5.75 Å². The summed E-state index contributed by atoms with van der Waals surface area (Å²) in [5, 5.41) is 22.0. The lowest BCUT2D eigenvalue weighted by atomic mass is 9.91. The van der Waals surface area contributed by atoms with Gasteiger partial charge in [0.05, 0.1) is 22.0 Å². The second-order valence-electron chi connectivity index (χ2n) is 15.2. The van der Waals surface area contributed by atoms with Crippen LogP contribution in [0.1, 0.15) is 81.2 Å². The number of methoxy groups -OCH3 is 1. The van der Waals surface area contributed by atoms with E-state index >= 15 is 0 Å². The number of rotatable bonds is 18. The Morgan fingerprint density at radius 2 is 1.56 bits per heavy atom. The summed E-state index contributed by atoms with van der Waals surface area (Å²) in [5.41, 5.74) is 3.09. The second kappa shape index (κ2) is 17.4. The van der Waals surface area contributed by atoms with Crippen molar-refractivity contribution in [1.29, 1.82) is 0 Å². The van der Waals surface area contributed by atoms with E-state index in [9.17, 15) is 19.8 Å². The van der Waals surface area contributed by atoms with Gasteiger partial charge in [-0.05, 0) is 137 Å². The van der Waals surface area contributed by atoms with Crippen LogP contribution in [0, 0.1) is 18.8 Å². The predicted molar refractivity (Wildman–Crippen MR) is 204 cm³/mol. The molecular weight excluding hydrogens is 703 g/mol. The van der Waals surface area contributed by atoms with Gasteiger partial charge in [0.25, 0.3) is 0 Å². The molecule has 2 saturated carbocycles. The van der Waals surface area contributed by atoms with E-state index < -0.39 is 17.6 Å². The Hall–Kier alpha value is -3.66. The maximum absolute atomic E-state index is 14.9. The molecule has 9 nitrogen and oxygen atoms in total. The first-order chi connectivity index (χ1) is 24.7. The van der Waals surface area contributed by atoms with Gasteiger partial charge in [-0.25, -0.2) is 4.79 Å². The Balaban J connectivity index is 1.35. The quantitative estimate of drug-likeness (QED) is 0.125. The number of amides is 2. The van der Waals surface area contributed by atoms with Gasteiger partial charge in [0.1, 0.15) is 24.7 Å². The van der Waals surface area contributed by atoms with Gasteiger partial charge in [-0.3, -0.25) is 4.79 Å². The molecule has 0 spiro atoms. The van der Waals surface area contributed by atoms with Gasteiger partial charge in [-0.2, -0.15) is 0 Å². The van der Waals surface area contributed by atoms with Crippen LogP contribution >= 0.6 is 23.2 Å². The number of carboxylic acid groups (broad SMARTS) is 1. The third kappa shape index (κ3) is 10.7. The maximum atomic E-state index is 14.9. The fourth-order valence-corrected chi connectivity index (χ4v) is 7.54. The fourth-order valence-electron chi connectivity index (χ4n) is 6.84. The minimum atomic E-state index is -1.06. The van der Waals surface area contributed by atoms with E-state index in [1.807, 2.05) is 56.9 Å². The zero-order valence-corrected chi connectivity index (χ0v) is 32.4. The van der Waals surface area contributed by atoms with Gasteiger partial charge in [-0.1, -0.05) is 41.4 Å². The highest BCUT2D eigenvalue weighted by Gasteiger charge is 2.47. The number of aromatic hydroxyl groups is 1. The summed E-state index contributed by atoms with van der Waals surface area (Å²) in [5.74, 6) is 0.860. The maximum Gasteiger partial charge on any atom is 0.407 e. The zero-order chi connectivity index (χ0) is 37.6. The topological polar surface area (TPSA) is 109 Å². The molecule has 0 saturated heterocycles. The van der Waals surface area contributed by atoms with Gasteiger partial charge in [0, 0.05) is 31.8 Å². The molecule has 2 atom stereocenters. The molecule has 3 aromatic rings. The number of ether oxygens (including phenoxy) is 3. The summed E-state index contributed by atoms with van der Waals surface area (Å²) in [6, 6.07) is 16.7. The molecule has 52 heavy (non-hydrogen) atoms. The van der Waals surface area contributed by atoms with Gasteiger partial charge >= 0.3 is 6.09 Å². The molecule has 0 radical (unpaired) electrons. The lowest BCUT2D eigenvalue weighted by Gasteiger charge is -2.39. The van der Waals surface area contributed by atoms with E-state index in [4.69, 9.17) is 37.4 Å². The van der Waals surface area contributed by atoms with E-state index in [0.717, 1.165) is 60.8 Å². The smallest absolute Gasteiger partial charge is 0.407 e. The van der Waals surface area contributed by atoms with E-state index in [0.29, 0.717) is 34.6 Å². The number of nitrogens with zero attached hydrogens (tertiary/aromatic N) is 2. The number of aryl methyl sites for hydroxylation is 2. The molecule has 2 fully saturated rings. The van der Waals surface area contributed by atoms with Crippen LogP contribution < -0.4 is 9.47 Å². The van der Waals surface area contributed by atoms with Crippen molar-refractivity contribution in [3.05, 3.63) is 86.9 Å². The number of hydrogen-bond donors (Lipinski definition) is 2. The van der Waals surface area contributed by atoms with Crippen LogP contribution in [0.3, 0.4) is 0 Å². The largest absolute Gasteiger partial charge is 0.508 e. The Morgan fingerprint density at radius 1 is 0.904 bits per heavy atom. The molecule has 2 N–H and O–H groups in total. The van der Waals surface area contributed by atoms with Gasteiger partial charge in [-0.15, -0.1) is 0 Å². The molecule has 0 heterocycles. The van der Waals surface area contributed by atoms with Crippen LogP contribution in [-0.2, 0) is 22.4 Å². The standard InChI is InChI=1S/C41H52Cl2N2O7/c1-26-19-35(42)38(36(43)20-26)52-18-17-51-34-14-8-27(9-15-34)21-31(25-44(40(48)49)41(2,3)4)39(47)45(32-12-13-32)37(29-10-11-29)30-22-28(7-6-16-50-5)23-33(46)24-30/h8-9,14-15,19-20,22-24,29,31-32,37,46H,6-7,10-13,16-18,21,25H2,1-5H3,(H,48,49). The van der Waals surface area contributed by atoms with E-state index in [1.165, 1.54) is 4.90 Å². The summed E-state index contributed by atoms with van der Waals surface area (Å²) >= 11 is 12.6. The minimum absolute atomic E-state index is 0.0509. The molecule has 0 aliphatic heterocycles. The fraction of sp³-hybridized carbons (Fsp3) is 0.512. The van der Waals surface area contributed by atoms with Crippen molar-refractivity contribution in [3.8, 4) is 17.2 Å². The highest BCUT2D eigenvalue weighted by atomic mass is 35.5. The van der Waals surface area contributed by atoms with Crippen molar-refractivity contribution in [2.75, 3.05) is 33.5 Å². The molecule has 5 rings (SSSR count). The van der Waals surface area contributed by atoms with Crippen molar-refractivity contribution in [3.63, 3.8) is 0 Å². The van der Waals surface area contributed by atoms with Crippen molar-refractivity contribution in [2.24, 2.45) is 11.8 Å². The average molecular weight is 756 g/mol. The zero-order valence-electron chi connectivity index (χ0n) is 30.9. The summed E-state index contributed by atoms with van der Waals surface area (Å²) in [4.78, 5) is 30.9. The number of hydrogen-bond acceptors (Lipinski definition) is 6. The van der Waals surface area contributed by atoms with Crippen LogP contribution in [0.25, 0.3) is 0 Å².